The van der Waals surface area contributed by atoms with Gasteiger partial charge in [0.15, 0.2) is 6.61 Å². The fourth-order valence-corrected chi connectivity index (χ4v) is 0.643. The van der Waals surface area contributed by atoms with Crippen LogP contribution in [-0.2, 0) is 0 Å². The van der Waals surface area contributed by atoms with Crippen LogP contribution in [0.1, 0.15) is 0 Å². The molecular weight excluding hydrogens is 242 g/mol. The van der Waals surface area contributed by atoms with E-state index in [1.165, 1.54) is 0 Å². The third kappa shape index (κ3) is 2.97. The molecular formula is C7H4F6N2O. The highest BCUT2D eigenvalue weighted by Gasteiger charge is 2.58. The monoisotopic (exact) mass is 246 g/mol. The van der Waals surface area contributed by atoms with E-state index in [4.69, 9.17) is 0 Å². The minimum Gasteiger partial charge on any atom is -0.471 e. The standard InChI is InChI=1S/C7H4F6N2O/c8-4-1-5(15-3-14-4)16-2-6(9,10)7(11,12)13/h1,3H,2H2. The summed E-state index contributed by atoms with van der Waals surface area (Å²) >= 11 is 0. The average Bonchev–Trinajstić information content (AvgIpc) is 2.13. The van der Waals surface area contributed by atoms with Crippen LogP contribution in [0.25, 0.3) is 0 Å². The Kier molecular flexibility index (Phi) is 3.24. The van der Waals surface area contributed by atoms with E-state index in [9.17, 15) is 26.3 Å². The number of alkyl halides is 5. The molecule has 0 bridgehead atoms. The van der Waals surface area contributed by atoms with Crippen LogP contribution in [0.4, 0.5) is 26.3 Å². The number of hydrogen-bond acceptors (Lipinski definition) is 3. The summed E-state index contributed by atoms with van der Waals surface area (Å²) in [6.45, 7) is -1.97. The quantitative estimate of drug-likeness (QED) is 0.605. The predicted octanol–water partition coefficient (Wildman–Crippen LogP) is 2.19. The van der Waals surface area contributed by atoms with Gasteiger partial charge in [-0.25, -0.2) is 9.97 Å². The Morgan fingerprint density at radius 1 is 1.12 bits per heavy atom. The second-order valence-corrected chi connectivity index (χ2v) is 2.67. The molecule has 0 aromatic carbocycles. The van der Waals surface area contributed by atoms with Gasteiger partial charge in [-0.2, -0.15) is 26.3 Å². The van der Waals surface area contributed by atoms with Gasteiger partial charge in [-0.15, -0.1) is 0 Å². The van der Waals surface area contributed by atoms with E-state index in [-0.39, 0.29) is 0 Å². The zero-order valence-corrected chi connectivity index (χ0v) is 7.43. The van der Waals surface area contributed by atoms with Crippen LogP contribution in [0.15, 0.2) is 12.4 Å². The molecule has 0 aliphatic rings. The highest BCUT2D eigenvalue weighted by molar-refractivity contribution is 5.06. The second kappa shape index (κ2) is 4.14. The highest BCUT2D eigenvalue weighted by atomic mass is 19.4. The Morgan fingerprint density at radius 3 is 2.25 bits per heavy atom. The third-order valence-corrected chi connectivity index (χ3v) is 1.42. The Balaban J connectivity index is 2.65. The largest absolute Gasteiger partial charge is 0.471 e. The van der Waals surface area contributed by atoms with Crippen molar-refractivity contribution >= 4 is 0 Å². The first kappa shape index (κ1) is 12.5. The molecule has 1 heterocycles. The smallest absolute Gasteiger partial charge is 0.456 e. The Hall–Kier alpha value is -1.54. The van der Waals surface area contributed by atoms with Gasteiger partial charge in [0.05, 0.1) is 6.07 Å². The topological polar surface area (TPSA) is 35.0 Å². The molecule has 16 heavy (non-hydrogen) atoms. The highest BCUT2D eigenvalue weighted by Crippen LogP contribution is 2.35. The zero-order valence-electron chi connectivity index (χ0n) is 7.43. The van der Waals surface area contributed by atoms with Crippen molar-refractivity contribution in [1.82, 2.24) is 9.97 Å². The second-order valence-electron chi connectivity index (χ2n) is 2.67. The van der Waals surface area contributed by atoms with Crippen molar-refractivity contribution in [2.45, 2.75) is 12.1 Å². The van der Waals surface area contributed by atoms with Gasteiger partial charge >= 0.3 is 12.1 Å². The van der Waals surface area contributed by atoms with Crippen LogP contribution in [0, 0.1) is 5.95 Å². The number of ether oxygens (including phenoxy) is 1. The van der Waals surface area contributed by atoms with Gasteiger partial charge in [-0.3, -0.25) is 0 Å². The summed E-state index contributed by atoms with van der Waals surface area (Å²) in [5.41, 5.74) is 0. The normalized spacial score (nSPS) is 12.6. The molecule has 0 aliphatic carbocycles. The Bertz CT molecular complexity index is 366. The predicted molar refractivity (Wildman–Crippen MR) is 38.5 cm³/mol. The summed E-state index contributed by atoms with van der Waals surface area (Å²) in [4.78, 5) is 6.12. The molecule has 0 atom stereocenters. The molecule has 0 unspecified atom stereocenters. The lowest BCUT2D eigenvalue weighted by atomic mass is 10.3. The number of nitrogens with zero attached hydrogens (tertiary/aromatic N) is 2. The first-order valence-electron chi connectivity index (χ1n) is 3.77. The lowest BCUT2D eigenvalue weighted by Gasteiger charge is -2.19. The van der Waals surface area contributed by atoms with Crippen LogP contribution in [0.2, 0.25) is 0 Å². The van der Waals surface area contributed by atoms with Gasteiger partial charge in [-0.05, 0) is 0 Å². The molecule has 1 rings (SSSR count). The summed E-state index contributed by atoms with van der Waals surface area (Å²) in [5.74, 6) is -6.81. The van der Waals surface area contributed by atoms with E-state index in [1.54, 1.807) is 0 Å². The lowest BCUT2D eigenvalue weighted by molar-refractivity contribution is -0.290. The maximum absolute atomic E-state index is 12.4. The number of aromatic nitrogens is 2. The summed E-state index contributed by atoms with van der Waals surface area (Å²) in [7, 11) is 0. The van der Waals surface area contributed by atoms with Gasteiger partial charge in [0.25, 0.3) is 0 Å². The van der Waals surface area contributed by atoms with Crippen molar-refractivity contribution in [2.24, 2.45) is 0 Å². The van der Waals surface area contributed by atoms with E-state index in [0.29, 0.717) is 12.4 Å². The molecule has 0 radical (unpaired) electrons. The van der Waals surface area contributed by atoms with Crippen molar-refractivity contribution in [3.8, 4) is 5.88 Å². The molecule has 0 amide bonds. The number of hydrogen-bond donors (Lipinski definition) is 0. The molecule has 1 aromatic heterocycles. The summed E-state index contributed by atoms with van der Waals surface area (Å²) in [5, 5.41) is 0. The molecule has 0 fully saturated rings. The van der Waals surface area contributed by atoms with Gasteiger partial charge in [-0.1, -0.05) is 0 Å². The molecule has 90 valence electrons. The minimum absolute atomic E-state index is 0.493. The van der Waals surface area contributed by atoms with E-state index >= 15 is 0 Å². The van der Waals surface area contributed by atoms with Crippen LogP contribution >= 0.6 is 0 Å². The van der Waals surface area contributed by atoms with Crippen molar-refractivity contribution in [3.63, 3.8) is 0 Å². The van der Waals surface area contributed by atoms with Crippen LogP contribution in [0.3, 0.4) is 0 Å². The van der Waals surface area contributed by atoms with Crippen LogP contribution in [0.5, 0.6) is 5.88 Å². The fraction of sp³-hybridized carbons (Fsp3) is 0.429. The van der Waals surface area contributed by atoms with Crippen LogP contribution < -0.4 is 4.74 Å². The van der Waals surface area contributed by atoms with Crippen LogP contribution in [-0.4, -0.2) is 28.7 Å². The first-order valence-corrected chi connectivity index (χ1v) is 3.77. The minimum atomic E-state index is -5.72. The molecule has 0 aliphatic heterocycles. The molecule has 0 N–H and O–H groups in total. The molecule has 9 heteroatoms. The van der Waals surface area contributed by atoms with Gasteiger partial charge < -0.3 is 4.74 Å². The van der Waals surface area contributed by atoms with Crippen molar-refractivity contribution in [1.29, 1.82) is 0 Å². The molecule has 0 saturated carbocycles. The van der Waals surface area contributed by atoms with Crippen molar-refractivity contribution in [2.75, 3.05) is 6.61 Å². The van der Waals surface area contributed by atoms with E-state index in [2.05, 4.69) is 14.7 Å². The van der Waals surface area contributed by atoms with Crippen molar-refractivity contribution < 1.29 is 31.1 Å². The Labute approximate surface area is 85.1 Å². The van der Waals surface area contributed by atoms with E-state index in [1.807, 2.05) is 0 Å². The molecule has 3 nitrogen and oxygen atoms in total. The molecule has 0 saturated heterocycles. The SMILES string of the molecule is Fc1cc(OCC(F)(F)C(F)(F)F)ncn1. The molecule has 1 aromatic rings. The summed E-state index contributed by atoms with van der Waals surface area (Å²) in [6, 6.07) is 0.493. The number of rotatable bonds is 3. The zero-order chi connectivity index (χ0) is 12.4. The van der Waals surface area contributed by atoms with Gasteiger partial charge in [0.1, 0.15) is 6.33 Å². The van der Waals surface area contributed by atoms with E-state index < -0.39 is 30.5 Å². The average molecular weight is 246 g/mol. The molecule has 0 spiro atoms. The maximum Gasteiger partial charge on any atom is 0.456 e. The summed E-state index contributed by atoms with van der Waals surface area (Å²) < 4.78 is 76.1. The van der Waals surface area contributed by atoms with E-state index in [0.717, 1.165) is 0 Å². The first-order chi connectivity index (χ1) is 7.22. The fourth-order valence-electron chi connectivity index (χ4n) is 0.643. The number of halogens is 6. The lowest BCUT2D eigenvalue weighted by Crippen LogP contribution is -2.41. The van der Waals surface area contributed by atoms with Gasteiger partial charge in [0.2, 0.25) is 11.8 Å². The Morgan fingerprint density at radius 2 is 1.75 bits per heavy atom. The third-order valence-electron chi connectivity index (χ3n) is 1.42. The van der Waals surface area contributed by atoms with Crippen molar-refractivity contribution in [3.05, 3.63) is 18.3 Å². The van der Waals surface area contributed by atoms with Gasteiger partial charge in [0, 0.05) is 0 Å². The summed E-state index contributed by atoms with van der Waals surface area (Å²) in [6.07, 6.45) is -5.09. The maximum atomic E-state index is 12.4.